The molecule has 5 rings (SSSR count). The maximum atomic E-state index is 13.7. The summed E-state index contributed by atoms with van der Waals surface area (Å²) < 4.78 is 56.6. The van der Waals surface area contributed by atoms with Gasteiger partial charge in [0.15, 0.2) is 0 Å². The summed E-state index contributed by atoms with van der Waals surface area (Å²) in [6, 6.07) is 10.8. The molecule has 0 spiro atoms. The standard InChI is InChI=1S/C22H22Cl2N4O5S2/c23-15-1-5-18(6-2-15)34(30,31)27-13-20-21(26-27)11-17-9-14(12-25-29)10-22(20)28(17)35(32,33)19-7-3-16(24)4-8-19/h1-8,12,14,17,22,26,29H,9-11,13H2. The highest BCUT2D eigenvalue weighted by Gasteiger charge is 2.51. The van der Waals surface area contributed by atoms with Crippen molar-refractivity contribution >= 4 is 49.5 Å². The van der Waals surface area contributed by atoms with E-state index in [4.69, 9.17) is 28.4 Å². The molecule has 2 N–H and O–H groups in total. The SMILES string of the molecule is O=S(=O)(c1ccc(Cl)cc1)N1CC2=C(CC3CC(C=NO)CC2N3S(=O)(=O)c2ccc(Cl)cc2)N1. The van der Waals surface area contributed by atoms with Crippen LogP contribution in [0.25, 0.3) is 0 Å². The lowest BCUT2D eigenvalue weighted by Gasteiger charge is -2.47. The van der Waals surface area contributed by atoms with Gasteiger partial charge in [0, 0.05) is 40.3 Å². The van der Waals surface area contributed by atoms with Gasteiger partial charge in [0.25, 0.3) is 10.0 Å². The molecule has 3 atom stereocenters. The van der Waals surface area contributed by atoms with E-state index >= 15 is 0 Å². The second kappa shape index (κ2) is 9.06. The molecule has 0 saturated carbocycles. The Morgan fingerprint density at radius 2 is 1.49 bits per heavy atom. The third-order valence-corrected chi connectivity index (χ3v) is 10.8. The zero-order valence-electron chi connectivity index (χ0n) is 18.3. The number of sulfonamides is 2. The highest BCUT2D eigenvalue weighted by Crippen LogP contribution is 2.44. The fourth-order valence-corrected chi connectivity index (χ4v) is 8.43. The summed E-state index contributed by atoms with van der Waals surface area (Å²) in [5, 5.41) is 13.1. The highest BCUT2D eigenvalue weighted by molar-refractivity contribution is 7.89. The van der Waals surface area contributed by atoms with Crippen LogP contribution in [-0.2, 0) is 20.0 Å². The molecule has 3 aliphatic heterocycles. The third kappa shape index (κ3) is 4.34. The van der Waals surface area contributed by atoms with Crippen LogP contribution in [0.5, 0.6) is 0 Å². The number of nitrogens with zero attached hydrogens (tertiary/aromatic N) is 3. The number of fused-ring (bicyclic) bond motifs is 3. The minimum Gasteiger partial charge on any atom is -0.411 e. The molecule has 35 heavy (non-hydrogen) atoms. The van der Waals surface area contributed by atoms with Crippen molar-refractivity contribution in [1.29, 1.82) is 0 Å². The van der Waals surface area contributed by atoms with Crippen LogP contribution in [0, 0.1) is 5.92 Å². The molecule has 3 heterocycles. The smallest absolute Gasteiger partial charge is 0.260 e. The first kappa shape index (κ1) is 24.5. The van der Waals surface area contributed by atoms with E-state index in [1.54, 1.807) is 0 Å². The van der Waals surface area contributed by atoms with Crippen LogP contribution in [-0.4, -0.2) is 55.6 Å². The number of nitrogens with one attached hydrogen (secondary N) is 1. The van der Waals surface area contributed by atoms with Crippen molar-refractivity contribution in [2.75, 3.05) is 6.54 Å². The summed E-state index contributed by atoms with van der Waals surface area (Å²) in [5.41, 5.74) is 4.41. The van der Waals surface area contributed by atoms with E-state index in [9.17, 15) is 16.8 Å². The molecule has 2 aromatic carbocycles. The van der Waals surface area contributed by atoms with Crippen LogP contribution in [0.1, 0.15) is 19.3 Å². The van der Waals surface area contributed by atoms with Crippen molar-refractivity contribution in [2.45, 2.75) is 41.1 Å². The number of piperidine rings is 1. The normalized spacial score (nSPS) is 25.6. The molecule has 13 heteroatoms. The Morgan fingerprint density at radius 1 is 0.914 bits per heavy atom. The summed E-state index contributed by atoms with van der Waals surface area (Å²) in [5.74, 6) is -0.150. The number of hydrogen-bond donors (Lipinski definition) is 2. The van der Waals surface area contributed by atoms with E-state index < -0.39 is 32.1 Å². The molecule has 0 amide bonds. The molecule has 2 bridgehead atoms. The van der Waals surface area contributed by atoms with E-state index in [0.717, 1.165) is 4.41 Å². The van der Waals surface area contributed by atoms with Gasteiger partial charge >= 0.3 is 0 Å². The molecule has 0 aromatic heterocycles. The predicted molar refractivity (Wildman–Crippen MR) is 131 cm³/mol. The Hall–Kier alpha value is -2.15. The van der Waals surface area contributed by atoms with Crippen LogP contribution in [0.15, 0.2) is 74.7 Å². The Bertz CT molecular complexity index is 1410. The average Bonchev–Trinajstić information content (AvgIpc) is 3.24. The van der Waals surface area contributed by atoms with E-state index in [1.807, 2.05) is 0 Å². The quantitative estimate of drug-likeness (QED) is 0.330. The van der Waals surface area contributed by atoms with Gasteiger partial charge in [-0.05, 0) is 66.9 Å². The second-order valence-electron chi connectivity index (χ2n) is 8.74. The minimum absolute atomic E-state index is 0.00664. The van der Waals surface area contributed by atoms with Gasteiger partial charge < -0.3 is 10.6 Å². The lowest BCUT2D eigenvalue weighted by atomic mass is 9.79. The van der Waals surface area contributed by atoms with Crippen molar-refractivity contribution in [3.05, 3.63) is 69.8 Å². The van der Waals surface area contributed by atoms with Crippen molar-refractivity contribution in [3.63, 3.8) is 0 Å². The fraction of sp³-hybridized carbons (Fsp3) is 0.318. The predicted octanol–water partition coefficient (Wildman–Crippen LogP) is 3.46. The first-order valence-corrected chi connectivity index (χ1v) is 14.5. The molecule has 1 saturated heterocycles. The maximum absolute atomic E-state index is 13.7. The van der Waals surface area contributed by atoms with Gasteiger partial charge in [-0.3, -0.25) is 0 Å². The Labute approximate surface area is 213 Å². The van der Waals surface area contributed by atoms with Crippen LogP contribution in [0.3, 0.4) is 0 Å². The van der Waals surface area contributed by atoms with Gasteiger partial charge in [-0.1, -0.05) is 23.2 Å². The lowest BCUT2D eigenvalue weighted by molar-refractivity contribution is 0.163. The topological polar surface area (TPSA) is 119 Å². The number of benzene rings is 2. The van der Waals surface area contributed by atoms with Gasteiger partial charge in [-0.25, -0.2) is 16.8 Å². The zero-order chi connectivity index (χ0) is 25.0. The molecule has 186 valence electrons. The van der Waals surface area contributed by atoms with Crippen molar-refractivity contribution in [3.8, 4) is 0 Å². The monoisotopic (exact) mass is 556 g/mol. The average molecular weight is 557 g/mol. The second-order valence-corrected chi connectivity index (χ2v) is 13.3. The van der Waals surface area contributed by atoms with Gasteiger partial charge in [0.1, 0.15) is 0 Å². The van der Waals surface area contributed by atoms with Crippen molar-refractivity contribution in [1.82, 2.24) is 14.1 Å². The van der Waals surface area contributed by atoms with Gasteiger partial charge in [0.2, 0.25) is 10.0 Å². The molecule has 0 aliphatic carbocycles. The largest absolute Gasteiger partial charge is 0.411 e. The molecule has 0 radical (unpaired) electrons. The molecule has 2 aromatic rings. The van der Waals surface area contributed by atoms with Crippen molar-refractivity contribution in [2.24, 2.45) is 11.1 Å². The molecular formula is C22H22Cl2N4O5S2. The summed E-state index contributed by atoms with van der Waals surface area (Å²) >= 11 is 11.9. The minimum atomic E-state index is -3.90. The summed E-state index contributed by atoms with van der Waals surface area (Å²) in [4.78, 5) is 0.194. The van der Waals surface area contributed by atoms with Gasteiger partial charge in [0.05, 0.1) is 22.4 Å². The number of rotatable bonds is 5. The molecule has 1 fully saturated rings. The fourth-order valence-electron chi connectivity index (χ4n) is 5.08. The highest BCUT2D eigenvalue weighted by atomic mass is 35.5. The number of halogens is 2. The Kier molecular flexibility index (Phi) is 6.35. The van der Waals surface area contributed by atoms with Crippen molar-refractivity contribution < 1.29 is 22.0 Å². The van der Waals surface area contributed by atoms with Crippen LogP contribution in [0.2, 0.25) is 10.0 Å². The van der Waals surface area contributed by atoms with E-state index in [2.05, 4.69) is 10.6 Å². The van der Waals surface area contributed by atoms with Crippen LogP contribution >= 0.6 is 23.2 Å². The van der Waals surface area contributed by atoms with Crippen LogP contribution in [0.4, 0.5) is 0 Å². The molecule has 3 aliphatic rings. The summed E-state index contributed by atoms with van der Waals surface area (Å²) in [6.45, 7) is -0.00664. The number of oxime groups is 1. The molecule has 3 unspecified atom stereocenters. The third-order valence-electron chi connectivity index (χ3n) is 6.64. The Morgan fingerprint density at radius 3 is 2.06 bits per heavy atom. The lowest BCUT2D eigenvalue weighted by Crippen LogP contribution is -2.56. The van der Waals surface area contributed by atoms with Crippen LogP contribution < -0.4 is 5.43 Å². The Balaban J connectivity index is 1.50. The summed E-state index contributed by atoms with van der Waals surface area (Å²) in [7, 11) is -7.80. The zero-order valence-corrected chi connectivity index (χ0v) is 21.4. The number of hydrogen-bond acceptors (Lipinski definition) is 7. The maximum Gasteiger partial charge on any atom is 0.260 e. The van der Waals surface area contributed by atoms with Gasteiger partial charge in [-0.15, -0.1) is 9.57 Å². The van der Waals surface area contributed by atoms with E-state index in [0.29, 0.717) is 40.6 Å². The summed E-state index contributed by atoms with van der Waals surface area (Å²) in [6.07, 6.45) is 2.53. The molecule has 9 nitrogen and oxygen atoms in total. The first-order valence-electron chi connectivity index (χ1n) is 10.8. The first-order chi connectivity index (χ1) is 16.6. The molecular weight excluding hydrogens is 535 g/mol. The van der Waals surface area contributed by atoms with E-state index in [1.165, 1.54) is 59.1 Å². The van der Waals surface area contributed by atoms with Gasteiger partial charge in [-0.2, -0.15) is 4.31 Å². The number of hydrazine groups is 1. The van der Waals surface area contributed by atoms with E-state index in [-0.39, 0.29) is 22.3 Å².